The zero-order valence-corrected chi connectivity index (χ0v) is 14.3. The Bertz CT molecular complexity index is 822. The molecular formula is C17H20N2O6. The molecule has 2 aromatic rings. The first-order valence-electron chi connectivity index (χ1n) is 7.75. The van der Waals surface area contributed by atoms with Gasteiger partial charge in [-0.1, -0.05) is 19.4 Å². The van der Waals surface area contributed by atoms with E-state index >= 15 is 0 Å². The molecule has 0 saturated carbocycles. The van der Waals surface area contributed by atoms with Crippen molar-refractivity contribution < 1.29 is 24.5 Å². The highest BCUT2D eigenvalue weighted by atomic mass is 16.5. The molecule has 0 spiro atoms. The lowest BCUT2D eigenvalue weighted by atomic mass is 10.2. The third-order valence-electron chi connectivity index (χ3n) is 3.73. The van der Waals surface area contributed by atoms with Gasteiger partial charge in [0.1, 0.15) is 23.0 Å². The number of benzene rings is 1. The van der Waals surface area contributed by atoms with Crippen molar-refractivity contribution in [3.63, 3.8) is 0 Å². The number of ether oxygens (including phenoxy) is 2. The van der Waals surface area contributed by atoms with Gasteiger partial charge >= 0.3 is 5.97 Å². The maximum atomic E-state index is 12.0. The Morgan fingerprint density at radius 2 is 1.84 bits per heavy atom. The predicted molar refractivity (Wildman–Crippen MR) is 90.2 cm³/mol. The molecule has 0 saturated heterocycles. The van der Waals surface area contributed by atoms with Gasteiger partial charge < -0.3 is 19.7 Å². The lowest BCUT2D eigenvalue weighted by Crippen LogP contribution is -2.25. The Kier molecular flexibility index (Phi) is 5.63. The summed E-state index contributed by atoms with van der Waals surface area (Å²) in [5, 5.41) is 19.8. The molecule has 0 aliphatic heterocycles. The standard InChI is InChI=1S/C17H20N2O6/c1-4-5-9-12-18-15(20)13(17(22)23)16(21)19(12)14-10(24-2)7-6-8-11(14)25-3/h6-8,21H,4-5,9H2,1-3H3,(H,22,23). The molecule has 1 aromatic heterocycles. The van der Waals surface area contributed by atoms with Crippen LogP contribution in [0.4, 0.5) is 0 Å². The number of carboxylic acid groups (broad SMARTS) is 1. The summed E-state index contributed by atoms with van der Waals surface area (Å²) >= 11 is 0. The van der Waals surface area contributed by atoms with Crippen LogP contribution in [0.1, 0.15) is 35.9 Å². The number of para-hydroxylation sites is 1. The number of nitrogens with zero attached hydrogens (tertiary/aromatic N) is 2. The molecule has 0 aliphatic rings. The molecule has 0 bridgehead atoms. The van der Waals surface area contributed by atoms with Gasteiger partial charge in [0, 0.05) is 6.42 Å². The van der Waals surface area contributed by atoms with E-state index in [0.717, 1.165) is 6.42 Å². The molecular weight excluding hydrogens is 328 g/mol. The van der Waals surface area contributed by atoms with Crippen molar-refractivity contribution in [3.8, 4) is 23.1 Å². The second kappa shape index (κ2) is 7.69. The summed E-state index contributed by atoms with van der Waals surface area (Å²) < 4.78 is 11.9. The number of aromatic carboxylic acids is 1. The number of carboxylic acids is 1. The molecule has 0 fully saturated rings. The first-order chi connectivity index (χ1) is 12.0. The van der Waals surface area contributed by atoms with Gasteiger partial charge in [-0.25, -0.2) is 4.79 Å². The third kappa shape index (κ3) is 3.42. The van der Waals surface area contributed by atoms with Crippen molar-refractivity contribution in [2.24, 2.45) is 0 Å². The van der Waals surface area contributed by atoms with Crippen molar-refractivity contribution >= 4 is 5.97 Å². The minimum Gasteiger partial charge on any atom is -0.494 e. The van der Waals surface area contributed by atoms with Gasteiger partial charge in [-0.3, -0.25) is 9.36 Å². The molecule has 0 aliphatic carbocycles. The maximum Gasteiger partial charge on any atom is 0.346 e. The lowest BCUT2D eigenvalue weighted by molar-refractivity contribution is 0.0690. The summed E-state index contributed by atoms with van der Waals surface area (Å²) in [6.45, 7) is 1.97. The van der Waals surface area contributed by atoms with Crippen LogP contribution in [0.5, 0.6) is 17.4 Å². The molecule has 2 N–H and O–H groups in total. The van der Waals surface area contributed by atoms with Crippen LogP contribution in [0.25, 0.3) is 5.69 Å². The minimum atomic E-state index is -1.56. The van der Waals surface area contributed by atoms with Crippen LogP contribution in [0, 0.1) is 0 Å². The molecule has 0 radical (unpaired) electrons. The second-order valence-electron chi connectivity index (χ2n) is 5.29. The van der Waals surface area contributed by atoms with Gasteiger partial charge in [0.05, 0.1) is 14.2 Å². The first kappa shape index (κ1) is 18.3. The molecule has 2 rings (SSSR count). The number of methoxy groups -OCH3 is 2. The highest BCUT2D eigenvalue weighted by Crippen LogP contribution is 2.36. The predicted octanol–water partition coefficient (Wildman–Crippen LogP) is 2.00. The number of aromatic nitrogens is 2. The summed E-state index contributed by atoms with van der Waals surface area (Å²) in [6, 6.07) is 4.97. The second-order valence-corrected chi connectivity index (χ2v) is 5.29. The molecule has 8 heteroatoms. The van der Waals surface area contributed by atoms with E-state index in [4.69, 9.17) is 9.47 Å². The van der Waals surface area contributed by atoms with Gasteiger partial charge in [0.25, 0.3) is 5.56 Å². The highest BCUT2D eigenvalue weighted by molar-refractivity contribution is 5.90. The van der Waals surface area contributed by atoms with Gasteiger partial charge in [0.2, 0.25) is 5.88 Å². The van der Waals surface area contributed by atoms with E-state index < -0.39 is 23.0 Å². The molecule has 0 unspecified atom stereocenters. The summed E-state index contributed by atoms with van der Waals surface area (Å²) in [5.41, 5.74) is -1.50. The van der Waals surface area contributed by atoms with E-state index in [1.165, 1.54) is 18.8 Å². The summed E-state index contributed by atoms with van der Waals surface area (Å²) in [6.07, 6.45) is 1.91. The monoisotopic (exact) mass is 348 g/mol. The normalized spacial score (nSPS) is 10.5. The summed E-state index contributed by atoms with van der Waals surface area (Å²) in [5.74, 6) is -1.35. The molecule has 25 heavy (non-hydrogen) atoms. The van der Waals surface area contributed by atoms with E-state index in [1.807, 2.05) is 6.92 Å². The fourth-order valence-corrected chi connectivity index (χ4v) is 2.53. The van der Waals surface area contributed by atoms with Crippen LogP contribution in [-0.4, -0.2) is 40.0 Å². The first-order valence-corrected chi connectivity index (χ1v) is 7.75. The van der Waals surface area contributed by atoms with Gasteiger partial charge in [-0.05, 0) is 18.6 Å². The Morgan fingerprint density at radius 3 is 2.32 bits per heavy atom. The van der Waals surface area contributed by atoms with Crippen molar-refractivity contribution in [2.45, 2.75) is 26.2 Å². The Hall–Kier alpha value is -3.03. The molecule has 8 nitrogen and oxygen atoms in total. The summed E-state index contributed by atoms with van der Waals surface area (Å²) in [7, 11) is 2.88. The van der Waals surface area contributed by atoms with E-state index in [1.54, 1.807) is 18.2 Å². The lowest BCUT2D eigenvalue weighted by Gasteiger charge is -2.20. The molecule has 0 amide bonds. The fraction of sp³-hybridized carbons (Fsp3) is 0.353. The average Bonchev–Trinajstić information content (AvgIpc) is 2.58. The minimum absolute atomic E-state index is 0.233. The largest absolute Gasteiger partial charge is 0.494 e. The Balaban J connectivity index is 2.90. The topological polar surface area (TPSA) is 111 Å². The average molecular weight is 348 g/mol. The fourth-order valence-electron chi connectivity index (χ4n) is 2.53. The zero-order chi connectivity index (χ0) is 18.6. The van der Waals surface area contributed by atoms with Crippen LogP contribution in [0.2, 0.25) is 0 Å². The SMILES string of the molecule is CCCCc1nc(=O)c(C(=O)O)c(O)n1-c1c(OC)cccc1OC. The number of hydrogen-bond donors (Lipinski definition) is 2. The van der Waals surface area contributed by atoms with Crippen LogP contribution in [0.3, 0.4) is 0 Å². The van der Waals surface area contributed by atoms with Gasteiger partial charge in [0.15, 0.2) is 5.56 Å². The van der Waals surface area contributed by atoms with Gasteiger partial charge in [-0.15, -0.1) is 0 Å². The number of carbonyl (C=O) groups is 1. The summed E-state index contributed by atoms with van der Waals surface area (Å²) in [4.78, 5) is 27.3. The zero-order valence-electron chi connectivity index (χ0n) is 14.3. The van der Waals surface area contributed by atoms with Gasteiger partial charge in [-0.2, -0.15) is 4.98 Å². The molecule has 1 aromatic carbocycles. The maximum absolute atomic E-state index is 12.0. The van der Waals surface area contributed by atoms with Crippen molar-refractivity contribution in [1.82, 2.24) is 9.55 Å². The van der Waals surface area contributed by atoms with E-state index in [9.17, 15) is 19.8 Å². The quantitative estimate of drug-likeness (QED) is 0.787. The molecule has 1 heterocycles. The van der Waals surface area contributed by atoms with E-state index in [0.29, 0.717) is 24.3 Å². The van der Waals surface area contributed by atoms with E-state index in [2.05, 4.69) is 4.98 Å². The smallest absolute Gasteiger partial charge is 0.346 e. The van der Waals surface area contributed by atoms with Crippen LogP contribution in [0.15, 0.2) is 23.0 Å². The van der Waals surface area contributed by atoms with Crippen molar-refractivity contribution in [3.05, 3.63) is 39.9 Å². The van der Waals surface area contributed by atoms with Crippen molar-refractivity contribution in [2.75, 3.05) is 14.2 Å². The van der Waals surface area contributed by atoms with Crippen LogP contribution in [-0.2, 0) is 6.42 Å². The number of aromatic hydroxyl groups is 1. The Morgan fingerprint density at radius 1 is 1.24 bits per heavy atom. The number of rotatable bonds is 7. The number of unbranched alkanes of at least 4 members (excludes halogenated alkanes) is 1. The van der Waals surface area contributed by atoms with Crippen LogP contribution < -0.4 is 15.0 Å². The Labute approximate surface area is 144 Å². The molecule has 0 atom stereocenters. The van der Waals surface area contributed by atoms with Crippen molar-refractivity contribution in [1.29, 1.82) is 0 Å². The number of hydrogen-bond acceptors (Lipinski definition) is 6. The highest BCUT2D eigenvalue weighted by Gasteiger charge is 2.26. The van der Waals surface area contributed by atoms with E-state index in [-0.39, 0.29) is 11.5 Å². The van der Waals surface area contributed by atoms with Crippen LogP contribution >= 0.6 is 0 Å². The number of aryl methyl sites for hydroxylation is 1. The molecule has 134 valence electrons. The third-order valence-corrected chi connectivity index (χ3v) is 3.73.